The van der Waals surface area contributed by atoms with E-state index in [0.717, 1.165) is 19.4 Å². The molecule has 1 aliphatic heterocycles. The molecule has 1 saturated heterocycles. The smallest absolute Gasteiger partial charge is 0.352 e. The van der Waals surface area contributed by atoms with Crippen molar-refractivity contribution in [2.24, 2.45) is 0 Å². The minimum absolute atomic E-state index is 0.323. The molecule has 0 aliphatic carbocycles. The van der Waals surface area contributed by atoms with Crippen LogP contribution in [0.4, 0.5) is 13.2 Å². The van der Waals surface area contributed by atoms with Gasteiger partial charge in [-0.1, -0.05) is 6.42 Å². The Morgan fingerprint density at radius 3 is 2.69 bits per heavy atom. The normalized spacial score (nSPS) is 23.9. The van der Waals surface area contributed by atoms with Gasteiger partial charge in [-0.2, -0.15) is 13.2 Å². The molecule has 1 fully saturated rings. The van der Waals surface area contributed by atoms with E-state index in [1.165, 1.54) is 6.92 Å². The van der Waals surface area contributed by atoms with Crippen LogP contribution in [0.25, 0.3) is 0 Å². The molecule has 1 amide bonds. The van der Waals surface area contributed by atoms with Crippen LogP contribution in [0.5, 0.6) is 0 Å². The van der Waals surface area contributed by atoms with Gasteiger partial charge in [0.25, 0.3) is 0 Å². The molecule has 0 aromatic carbocycles. The number of amides is 1. The lowest BCUT2D eigenvalue weighted by Gasteiger charge is -2.24. The minimum atomic E-state index is -4.23. The lowest BCUT2D eigenvalue weighted by molar-refractivity contribution is -0.141. The van der Waals surface area contributed by atoms with Crippen LogP contribution in [0, 0.1) is 0 Å². The number of hydrogen-bond donors (Lipinski definition) is 2. The molecule has 6 heteroatoms. The average Bonchev–Trinajstić information content (AvgIpc) is 2.16. The summed E-state index contributed by atoms with van der Waals surface area (Å²) in [5, 5.41) is 5.38. The lowest BCUT2D eigenvalue weighted by Crippen LogP contribution is -2.49. The number of halogens is 3. The van der Waals surface area contributed by atoms with Crippen LogP contribution in [0.15, 0.2) is 0 Å². The molecule has 94 valence electrons. The number of carbonyl (C=O) groups is 1. The minimum Gasteiger partial charge on any atom is -0.352 e. The fourth-order valence-corrected chi connectivity index (χ4v) is 1.82. The second-order valence-electron chi connectivity index (χ2n) is 4.23. The highest BCUT2D eigenvalue weighted by Crippen LogP contribution is 2.21. The number of nitrogens with one attached hydrogen (secondary N) is 2. The zero-order valence-electron chi connectivity index (χ0n) is 9.23. The quantitative estimate of drug-likeness (QED) is 0.784. The number of rotatable bonds is 3. The first-order valence-electron chi connectivity index (χ1n) is 5.49. The fourth-order valence-electron chi connectivity index (χ4n) is 1.82. The summed E-state index contributed by atoms with van der Waals surface area (Å²) in [5.74, 6) is -0.323. The first-order valence-corrected chi connectivity index (χ1v) is 5.49. The van der Waals surface area contributed by atoms with Gasteiger partial charge < -0.3 is 10.6 Å². The van der Waals surface area contributed by atoms with Crippen molar-refractivity contribution >= 4 is 5.91 Å². The maximum Gasteiger partial charge on any atom is 0.391 e. The van der Waals surface area contributed by atoms with E-state index in [1.807, 2.05) is 0 Å². The molecule has 2 unspecified atom stereocenters. The van der Waals surface area contributed by atoms with Gasteiger partial charge in [-0.25, -0.2) is 0 Å². The van der Waals surface area contributed by atoms with E-state index < -0.39 is 18.6 Å². The van der Waals surface area contributed by atoms with Gasteiger partial charge in [0.1, 0.15) is 0 Å². The molecule has 0 aromatic rings. The maximum atomic E-state index is 12.0. The lowest BCUT2D eigenvalue weighted by atomic mass is 10.0. The van der Waals surface area contributed by atoms with Crippen LogP contribution < -0.4 is 10.6 Å². The molecule has 0 bridgehead atoms. The third-order valence-electron chi connectivity index (χ3n) is 2.55. The number of hydrogen-bond acceptors (Lipinski definition) is 2. The molecule has 3 nitrogen and oxygen atoms in total. The monoisotopic (exact) mass is 238 g/mol. The summed E-state index contributed by atoms with van der Waals surface area (Å²) >= 11 is 0. The maximum absolute atomic E-state index is 12.0. The van der Waals surface area contributed by atoms with E-state index in [-0.39, 0.29) is 11.9 Å². The van der Waals surface area contributed by atoms with Gasteiger partial charge in [0.15, 0.2) is 0 Å². The summed E-state index contributed by atoms with van der Waals surface area (Å²) in [5.41, 5.74) is 0. The van der Waals surface area contributed by atoms with Crippen molar-refractivity contribution in [3.63, 3.8) is 0 Å². The zero-order chi connectivity index (χ0) is 12.2. The Kier molecular flexibility index (Phi) is 4.58. The van der Waals surface area contributed by atoms with E-state index in [9.17, 15) is 18.0 Å². The van der Waals surface area contributed by atoms with Gasteiger partial charge in [-0.15, -0.1) is 0 Å². The van der Waals surface area contributed by atoms with Crippen LogP contribution in [-0.4, -0.2) is 30.7 Å². The van der Waals surface area contributed by atoms with E-state index in [4.69, 9.17) is 0 Å². The summed E-state index contributed by atoms with van der Waals surface area (Å²) in [7, 11) is 0. The van der Waals surface area contributed by atoms with Crippen molar-refractivity contribution in [3.05, 3.63) is 0 Å². The largest absolute Gasteiger partial charge is 0.391 e. The van der Waals surface area contributed by atoms with Crippen molar-refractivity contribution in [2.75, 3.05) is 6.54 Å². The second kappa shape index (κ2) is 5.52. The summed E-state index contributed by atoms with van der Waals surface area (Å²) < 4.78 is 36.1. The Bertz CT molecular complexity index is 237. The first kappa shape index (κ1) is 13.3. The van der Waals surface area contributed by atoms with Gasteiger partial charge in [0, 0.05) is 6.04 Å². The van der Waals surface area contributed by atoms with E-state index >= 15 is 0 Å². The molecule has 0 aromatic heterocycles. The molecule has 1 rings (SSSR count). The summed E-state index contributed by atoms with van der Waals surface area (Å²) in [6, 6.07) is -1.19. The number of carbonyl (C=O) groups excluding carboxylic acids is 1. The summed E-state index contributed by atoms with van der Waals surface area (Å²) in [6.45, 7) is 2.12. The third kappa shape index (κ3) is 4.83. The Hall–Kier alpha value is -0.780. The Morgan fingerprint density at radius 1 is 1.50 bits per heavy atom. The van der Waals surface area contributed by atoms with Crippen molar-refractivity contribution in [1.29, 1.82) is 0 Å². The number of alkyl halides is 3. The molecular weight excluding hydrogens is 221 g/mol. The SMILES string of the molecule is CC(CC(F)(F)F)NC(=O)C1CCCCN1. The van der Waals surface area contributed by atoms with Crippen LogP contribution >= 0.6 is 0 Å². The zero-order valence-corrected chi connectivity index (χ0v) is 9.23. The Labute approximate surface area is 92.8 Å². The number of piperidine rings is 1. The molecule has 0 saturated carbocycles. The fraction of sp³-hybridized carbons (Fsp3) is 0.900. The van der Waals surface area contributed by atoms with Gasteiger partial charge in [0.2, 0.25) is 5.91 Å². The molecule has 0 spiro atoms. The first-order chi connectivity index (χ1) is 7.38. The Morgan fingerprint density at radius 2 is 2.19 bits per heavy atom. The van der Waals surface area contributed by atoms with Crippen molar-refractivity contribution in [1.82, 2.24) is 10.6 Å². The topological polar surface area (TPSA) is 41.1 Å². The van der Waals surface area contributed by atoms with E-state index in [1.54, 1.807) is 0 Å². The van der Waals surface area contributed by atoms with Crippen molar-refractivity contribution in [2.45, 2.75) is 50.9 Å². The molecule has 0 radical (unpaired) electrons. The van der Waals surface area contributed by atoms with Crippen molar-refractivity contribution in [3.8, 4) is 0 Å². The Balaban J connectivity index is 2.32. The van der Waals surface area contributed by atoms with Gasteiger partial charge in [-0.3, -0.25) is 4.79 Å². The molecule has 16 heavy (non-hydrogen) atoms. The second-order valence-corrected chi connectivity index (χ2v) is 4.23. The highest BCUT2D eigenvalue weighted by molar-refractivity contribution is 5.82. The van der Waals surface area contributed by atoms with Gasteiger partial charge in [0.05, 0.1) is 12.5 Å². The van der Waals surface area contributed by atoms with Crippen molar-refractivity contribution < 1.29 is 18.0 Å². The van der Waals surface area contributed by atoms with Gasteiger partial charge in [-0.05, 0) is 26.3 Å². The highest BCUT2D eigenvalue weighted by Gasteiger charge is 2.31. The molecule has 1 aliphatic rings. The molecule has 2 N–H and O–H groups in total. The van der Waals surface area contributed by atoms with Crippen LogP contribution in [-0.2, 0) is 4.79 Å². The van der Waals surface area contributed by atoms with Crippen LogP contribution in [0.2, 0.25) is 0 Å². The van der Waals surface area contributed by atoms with E-state index in [0.29, 0.717) is 6.42 Å². The summed E-state index contributed by atoms with van der Waals surface area (Å²) in [6.07, 6.45) is -2.55. The third-order valence-corrected chi connectivity index (χ3v) is 2.55. The standard InChI is InChI=1S/C10H17F3N2O/c1-7(6-10(11,12)13)15-9(16)8-4-2-3-5-14-8/h7-8,14H,2-6H2,1H3,(H,15,16). The average molecular weight is 238 g/mol. The van der Waals surface area contributed by atoms with Crippen LogP contribution in [0.3, 0.4) is 0 Å². The summed E-state index contributed by atoms with van der Waals surface area (Å²) in [4.78, 5) is 11.6. The van der Waals surface area contributed by atoms with Gasteiger partial charge >= 0.3 is 6.18 Å². The molecular formula is C10H17F3N2O. The predicted octanol–water partition coefficient (Wildman–Crippen LogP) is 1.59. The predicted molar refractivity (Wildman–Crippen MR) is 53.9 cm³/mol. The molecule has 1 heterocycles. The molecule has 2 atom stereocenters. The van der Waals surface area contributed by atoms with E-state index in [2.05, 4.69) is 10.6 Å². The highest BCUT2D eigenvalue weighted by atomic mass is 19.4. The van der Waals surface area contributed by atoms with Crippen LogP contribution in [0.1, 0.15) is 32.6 Å².